The number of allylic oxidation sites excluding steroid dienone is 1. The van der Waals surface area contributed by atoms with Crippen LogP contribution in [0.4, 0.5) is 0 Å². The molecule has 0 aliphatic heterocycles. The van der Waals surface area contributed by atoms with E-state index in [1.165, 1.54) is 16.7 Å². The molecule has 1 aliphatic carbocycles. The standard InChI is InChI=1S/C10H10.2ClH.Ti/c1-8-6-9-4-2-3-5-10(9)7-8;;;/h2-6H,7H2,1H3;2*1H;/q;;;+2/p-2. The summed E-state index contributed by atoms with van der Waals surface area (Å²) in [6.07, 6.45) is 3.41. The minimum absolute atomic E-state index is 0.556. The molecule has 1 aromatic rings. The molecule has 0 unspecified atom stereocenters. The van der Waals surface area contributed by atoms with Gasteiger partial charge in [-0.3, -0.25) is 0 Å². The van der Waals surface area contributed by atoms with Crippen LogP contribution in [0.25, 0.3) is 6.08 Å². The Kier molecular flexibility index (Phi) is 5.12. The summed E-state index contributed by atoms with van der Waals surface area (Å²) in [5.41, 5.74) is 4.35. The third-order valence-corrected chi connectivity index (χ3v) is 1.93. The average molecular weight is 249 g/mol. The van der Waals surface area contributed by atoms with Gasteiger partial charge in [0.1, 0.15) is 0 Å². The molecule has 0 fully saturated rings. The predicted molar refractivity (Wildman–Crippen MR) is 55.5 cm³/mol. The van der Waals surface area contributed by atoms with E-state index in [4.69, 9.17) is 18.6 Å². The fourth-order valence-corrected chi connectivity index (χ4v) is 1.45. The van der Waals surface area contributed by atoms with Crippen molar-refractivity contribution in [1.82, 2.24) is 0 Å². The van der Waals surface area contributed by atoms with Crippen molar-refractivity contribution in [1.29, 1.82) is 0 Å². The Hall–Kier alpha value is 0.254. The van der Waals surface area contributed by atoms with Crippen molar-refractivity contribution >= 4 is 24.7 Å². The molecule has 0 saturated carbocycles. The Bertz CT molecular complexity index is 308. The Morgan fingerprint density at radius 3 is 2.46 bits per heavy atom. The fourth-order valence-electron chi connectivity index (χ4n) is 1.45. The second-order valence-corrected chi connectivity index (χ2v) is 5.52. The Morgan fingerprint density at radius 1 is 1.23 bits per heavy atom. The molecule has 0 spiro atoms. The number of hydrogen-bond donors (Lipinski definition) is 0. The molecule has 0 amide bonds. The van der Waals surface area contributed by atoms with E-state index in [-0.39, 0.29) is 0 Å². The van der Waals surface area contributed by atoms with Gasteiger partial charge >= 0.3 is 35.6 Å². The summed E-state index contributed by atoms with van der Waals surface area (Å²) < 4.78 is 0. The third kappa shape index (κ3) is 3.48. The first-order chi connectivity index (χ1) is 6.27. The van der Waals surface area contributed by atoms with Crippen molar-refractivity contribution in [2.24, 2.45) is 0 Å². The monoisotopic (exact) mass is 248 g/mol. The summed E-state index contributed by atoms with van der Waals surface area (Å²) in [5.74, 6) is 0. The molecule has 0 aromatic heterocycles. The van der Waals surface area contributed by atoms with Crippen LogP contribution in [0.5, 0.6) is 0 Å². The summed E-state index contributed by atoms with van der Waals surface area (Å²) in [6, 6.07) is 8.56. The van der Waals surface area contributed by atoms with Gasteiger partial charge in [0.15, 0.2) is 0 Å². The molecule has 0 atom stereocenters. The predicted octanol–water partition coefficient (Wildman–Crippen LogP) is 4.02. The molecule has 0 radical (unpaired) electrons. The van der Waals surface area contributed by atoms with E-state index >= 15 is 0 Å². The van der Waals surface area contributed by atoms with Crippen molar-refractivity contribution in [2.75, 3.05) is 0 Å². The second-order valence-electron chi connectivity index (χ2n) is 2.94. The van der Waals surface area contributed by atoms with Crippen molar-refractivity contribution in [3.63, 3.8) is 0 Å². The number of halogens is 2. The SMILES string of the molecule is CC1=Cc2ccccc2C1.[Cl][Ti][Cl]. The van der Waals surface area contributed by atoms with Crippen molar-refractivity contribution < 1.29 is 17.0 Å². The van der Waals surface area contributed by atoms with E-state index < -0.39 is 17.0 Å². The van der Waals surface area contributed by atoms with E-state index in [2.05, 4.69) is 37.3 Å². The van der Waals surface area contributed by atoms with Crippen LogP contribution in [0.2, 0.25) is 0 Å². The molecule has 0 saturated heterocycles. The average Bonchev–Trinajstić information content (AvgIpc) is 2.45. The quantitative estimate of drug-likeness (QED) is 0.609. The molecule has 2 rings (SSSR count). The van der Waals surface area contributed by atoms with Crippen LogP contribution in [-0.4, -0.2) is 0 Å². The molecule has 1 aromatic carbocycles. The molecule has 1 aliphatic rings. The zero-order valence-electron chi connectivity index (χ0n) is 7.35. The maximum absolute atomic E-state index is 4.89. The normalized spacial score (nSPS) is 12.4. The molecule has 0 bridgehead atoms. The van der Waals surface area contributed by atoms with Gasteiger partial charge in [0.25, 0.3) is 0 Å². The van der Waals surface area contributed by atoms with E-state index in [1.54, 1.807) is 0 Å². The molecule has 0 N–H and O–H groups in total. The zero-order chi connectivity index (χ0) is 9.68. The van der Waals surface area contributed by atoms with Crippen molar-refractivity contribution in [3.8, 4) is 0 Å². The van der Waals surface area contributed by atoms with Gasteiger partial charge in [0.2, 0.25) is 0 Å². The van der Waals surface area contributed by atoms with E-state index in [9.17, 15) is 0 Å². The molecule has 0 nitrogen and oxygen atoms in total. The second kappa shape index (κ2) is 5.87. The minimum atomic E-state index is -0.556. The van der Waals surface area contributed by atoms with E-state index in [0.29, 0.717) is 0 Å². The fraction of sp³-hybridized carbons (Fsp3) is 0.200. The van der Waals surface area contributed by atoms with Crippen molar-refractivity contribution in [3.05, 3.63) is 41.0 Å². The van der Waals surface area contributed by atoms with Crippen LogP contribution in [0.15, 0.2) is 29.8 Å². The number of rotatable bonds is 0. The van der Waals surface area contributed by atoms with Crippen LogP contribution < -0.4 is 0 Å². The maximum atomic E-state index is 4.89. The van der Waals surface area contributed by atoms with Crippen LogP contribution in [-0.2, 0) is 23.5 Å². The first-order valence-electron chi connectivity index (χ1n) is 3.99. The first kappa shape index (κ1) is 11.3. The summed E-state index contributed by atoms with van der Waals surface area (Å²) in [5, 5.41) is 0. The van der Waals surface area contributed by atoms with Gasteiger partial charge in [0, 0.05) is 0 Å². The van der Waals surface area contributed by atoms with Gasteiger partial charge in [-0.05, 0) is 24.5 Å². The summed E-state index contributed by atoms with van der Waals surface area (Å²) >= 11 is -0.556. The molecule has 68 valence electrons. The van der Waals surface area contributed by atoms with Crippen molar-refractivity contribution in [2.45, 2.75) is 13.3 Å². The molecular weight excluding hydrogens is 239 g/mol. The summed E-state index contributed by atoms with van der Waals surface area (Å²) in [4.78, 5) is 0. The van der Waals surface area contributed by atoms with Gasteiger partial charge in [-0.15, -0.1) is 0 Å². The Labute approximate surface area is 95.6 Å². The third-order valence-electron chi connectivity index (χ3n) is 1.93. The van der Waals surface area contributed by atoms with Gasteiger partial charge in [-0.2, -0.15) is 0 Å². The summed E-state index contributed by atoms with van der Waals surface area (Å²) in [7, 11) is 9.78. The first-order valence-corrected chi connectivity index (χ1v) is 8.29. The Morgan fingerprint density at radius 2 is 1.85 bits per heavy atom. The van der Waals surface area contributed by atoms with Crippen LogP contribution in [0.1, 0.15) is 18.1 Å². The van der Waals surface area contributed by atoms with Crippen LogP contribution >= 0.6 is 18.6 Å². The van der Waals surface area contributed by atoms with Crippen LogP contribution in [0.3, 0.4) is 0 Å². The number of benzene rings is 1. The Balaban J connectivity index is 0.000000251. The summed E-state index contributed by atoms with van der Waals surface area (Å²) in [6.45, 7) is 2.18. The van der Waals surface area contributed by atoms with Gasteiger partial charge < -0.3 is 0 Å². The molecular formula is C10H10Cl2Ti. The van der Waals surface area contributed by atoms with E-state index in [0.717, 1.165) is 6.42 Å². The van der Waals surface area contributed by atoms with Gasteiger partial charge in [-0.25, -0.2) is 0 Å². The van der Waals surface area contributed by atoms with Gasteiger partial charge in [-0.1, -0.05) is 35.9 Å². The topological polar surface area (TPSA) is 0 Å². The number of hydrogen-bond acceptors (Lipinski definition) is 0. The molecule has 3 heteroatoms. The van der Waals surface area contributed by atoms with Gasteiger partial charge in [0.05, 0.1) is 0 Å². The van der Waals surface area contributed by atoms with E-state index in [1.807, 2.05) is 0 Å². The molecule has 0 heterocycles. The number of fused-ring (bicyclic) bond motifs is 1. The van der Waals surface area contributed by atoms with Crippen LogP contribution in [0, 0.1) is 0 Å². The molecule has 13 heavy (non-hydrogen) atoms. The zero-order valence-corrected chi connectivity index (χ0v) is 10.4.